The molecule has 0 aliphatic carbocycles. The van der Waals surface area contributed by atoms with Crippen LogP contribution in [0.25, 0.3) is 0 Å². The topological polar surface area (TPSA) is 49.4 Å². The second-order valence-corrected chi connectivity index (χ2v) is 8.25. The van der Waals surface area contributed by atoms with Crippen molar-refractivity contribution in [3.05, 3.63) is 0 Å². The summed E-state index contributed by atoms with van der Waals surface area (Å²) in [5.74, 6) is 1.09. The summed E-state index contributed by atoms with van der Waals surface area (Å²) in [5.41, 5.74) is 0. The van der Waals surface area contributed by atoms with Crippen molar-refractivity contribution in [3.63, 3.8) is 0 Å². The van der Waals surface area contributed by atoms with E-state index < -0.39 is 6.04 Å². The molecule has 2 atom stereocenters. The number of ketones is 1. The smallest absolute Gasteiger partial charge is 0.238 e. The fraction of sp³-hybridized carbons (Fsp3) is 0.900. The third kappa shape index (κ3) is 8.81. The van der Waals surface area contributed by atoms with E-state index in [2.05, 4.69) is 37.9 Å². The summed E-state index contributed by atoms with van der Waals surface area (Å²) in [7, 11) is 2.02. The van der Waals surface area contributed by atoms with E-state index in [-0.39, 0.29) is 29.6 Å². The van der Waals surface area contributed by atoms with Crippen molar-refractivity contribution in [2.45, 2.75) is 86.2 Å². The summed E-state index contributed by atoms with van der Waals surface area (Å²) < 4.78 is 0. The predicted molar refractivity (Wildman–Crippen MR) is 102 cm³/mol. The maximum Gasteiger partial charge on any atom is 0.238 e. The van der Waals surface area contributed by atoms with Crippen LogP contribution >= 0.6 is 0 Å². The number of Topliss-reactive ketones (excluding diaryl/α,β-unsaturated/α-hetero) is 1. The largest absolute Gasteiger partial charge is 0.345 e. The molecule has 0 saturated carbocycles. The molecule has 24 heavy (non-hydrogen) atoms. The highest BCUT2D eigenvalue weighted by atomic mass is 16.2. The molecule has 142 valence electrons. The van der Waals surface area contributed by atoms with Gasteiger partial charge >= 0.3 is 0 Å². The van der Waals surface area contributed by atoms with Crippen molar-refractivity contribution < 1.29 is 9.59 Å². The van der Waals surface area contributed by atoms with Crippen LogP contribution in [0.1, 0.15) is 74.1 Å². The maximum atomic E-state index is 12.7. The number of nitrogens with zero attached hydrogens (tertiary/aromatic N) is 1. The van der Waals surface area contributed by atoms with Crippen LogP contribution in [0.2, 0.25) is 0 Å². The fourth-order valence-corrected chi connectivity index (χ4v) is 3.22. The third-order valence-corrected chi connectivity index (χ3v) is 4.57. The molecule has 0 aromatic heterocycles. The lowest BCUT2D eigenvalue weighted by Gasteiger charge is -2.32. The Labute approximate surface area is 149 Å². The molecule has 0 aliphatic rings. The second-order valence-electron chi connectivity index (χ2n) is 8.25. The lowest BCUT2D eigenvalue weighted by Crippen LogP contribution is -2.53. The quantitative estimate of drug-likeness (QED) is 0.548. The molecule has 0 aromatic carbocycles. The van der Waals surface area contributed by atoms with Gasteiger partial charge in [0.25, 0.3) is 0 Å². The molecule has 0 rings (SSSR count). The van der Waals surface area contributed by atoms with Crippen molar-refractivity contribution in [1.29, 1.82) is 0 Å². The van der Waals surface area contributed by atoms with Gasteiger partial charge in [0.2, 0.25) is 5.91 Å². The molecule has 0 aliphatic heterocycles. The molecular formula is C20H40N2O2. The van der Waals surface area contributed by atoms with E-state index in [4.69, 9.17) is 0 Å². The first-order valence-corrected chi connectivity index (χ1v) is 9.58. The van der Waals surface area contributed by atoms with Gasteiger partial charge in [0.05, 0.1) is 12.1 Å². The zero-order valence-corrected chi connectivity index (χ0v) is 17.2. The van der Waals surface area contributed by atoms with Crippen LogP contribution in [0, 0.1) is 17.8 Å². The Morgan fingerprint density at radius 3 is 1.92 bits per heavy atom. The molecule has 0 bridgehead atoms. The second kappa shape index (κ2) is 11.6. The molecule has 0 spiro atoms. The van der Waals surface area contributed by atoms with Crippen molar-refractivity contribution in [2.75, 3.05) is 13.6 Å². The minimum Gasteiger partial charge on any atom is -0.345 e. The van der Waals surface area contributed by atoms with E-state index in [9.17, 15) is 9.59 Å². The average molecular weight is 341 g/mol. The molecule has 0 fully saturated rings. The van der Waals surface area contributed by atoms with E-state index >= 15 is 0 Å². The summed E-state index contributed by atoms with van der Waals surface area (Å²) in [5, 5.41) is 2.96. The molecule has 0 radical (unpaired) electrons. The number of carbonyl (C=O) groups excluding carboxylic acids is 2. The van der Waals surface area contributed by atoms with Gasteiger partial charge in [-0.05, 0) is 44.7 Å². The minimum atomic E-state index is -0.391. The van der Waals surface area contributed by atoms with Gasteiger partial charge in [-0.25, -0.2) is 0 Å². The van der Waals surface area contributed by atoms with Crippen molar-refractivity contribution in [2.24, 2.45) is 17.8 Å². The van der Waals surface area contributed by atoms with Crippen LogP contribution in [0.4, 0.5) is 0 Å². The van der Waals surface area contributed by atoms with E-state index in [0.29, 0.717) is 0 Å². The molecule has 4 heteroatoms. The van der Waals surface area contributed by atoms with Crippen LogP contribution < -0.4 is 5.32 Å². The Morgan fingerprint density at radius 2 is 1.50 bits per heavy atom. The third-order valence-electron chi connectivity index (χ3n) is 4.57. The number of amides is 1. The number of hydrogen-bond acceptors (Lipinski definition) is 3. The highest BCUT2D eigenvalue weighted by molar-refractivity contribution is 5.89. The number of nitrogens with one attached hydrogen (secondary N) is 1. The van der Waals surface area contributed by atoms with E-state index in [0.717, 1.165) is 18.9 Å². The number of carbonyl (C=O) groups is 2. The summed E-state index contributed by atoms with van der Waals surface area (Å²) in [6.45, 7) is 15.0. The van der Waals surface area contributed by atoms with Crippen LogP contribution in [0.5, 0.6) is 0 Å². The first-order chi connectivity index (χ1) is 11.1. The number of likely N-dealkylation sites (N-methyl/N-ethyl adjacent to an activating group) is 1. The standard InChI is InChI=1S/C20H40N2O2/c1-14(2)12-10-9-11-13-22(8)19(16(5)6)20(24)21-18(15(3)4)17(7)23/h14-16,18-19H,9-13H2,1-8H3,(H,21,24)/t18-,19?/m0/s1. The lowest BCUT2D eigenvalue weighted by atomic mass is 9.97. The first kappa shape index (κ1) is 23.1. The van der Waals surface area contributed by atoms with Gasteiger partial charge in [0.15, 0.2) is 5.78 Å². The molecule has 0 aromatic rings. The van der Waals surface area contributed by atoms with Gasteiger partial charge in [0.1, 0.15) is 0 Å². The van der Waals surface area contributed by atoms with Crippen molar-refractivity contribution in [3.8, 4) is 0 Å². The molecule has 0 heterocycles. The van der Waals surface area contributed by atoms with Crippen LogP contribution in [0.15, 0.2) is 0 Å². The zero-order valence-electron chi connectivity index (χ0n) is 17.2. The maximum absolute atomic E-state index is 12.7. The van der Waals surface area contributed by atoms with Crippen molar-refractivity contribution >= 4 is 11.7 Å². The van der Waals surface area contributed by atoms with Gasteiger partial charge in [0, 0.05) is 0 Å². The monoisotopic (exact) mass is 340 g/mol. The van der Waals surface area contributed by atoms with Crippen LogP contribution in [-0.4, -0.2) is 42.3 Å². The number of rotatable bonds is 12. The summed E-state index contributed by atoms with van der Waals surface area (Å²) in [6.07, 6.45) is 4.84. The summed E-state index contributed by atoms with van der Waals surface area (Å²) in [4.78, 5) is 26.6. The van der Waals surface area contributed by atoms with Gasteiger partial charge in [-0.2, -0.15) is 0 Å². The highest BCUT2D eigenvalue weighted by Crippen LogP contribution is 2.14. The molecule has 1 N–H and O–H groups in total. The molecule has 0 saturated heterocycles. The zero-order chi connectivity index (χ0) is 18.9. The Balaban J connectivity index is 4.60. The van der Waals surface area contributed by atoms with E-state index in [1.807, 2.05) is 20.9 Å². The Hall–Kier alpha value is -0.900. The minimum absolute atomic E-state index is 0.0245. The van der Waals surface area contributed by atoms with Crippen molar-refractivity contribution in [1.82, 2.24) is 10.2 Å². The molecule has 1 unspecified atom stereocenters. The average Bonchev–Trinajstić information content (AvgIpc) is 2.43. The Bertz CT molecular complexity index is 378. The Kier molecular flexibility index (Phi) is 11.2. The summed E-state index contributed by atoms with van der Waals surface area (Å²) >= 11 is 0. The fourth-order valence-electron chi connectivity index (χ4n) is 3.22. The highest BCUT2D eigenvalue weighted by Gasteiger charge is 2.30. The van der Waals surface area contributed by atoms with Gasteiger partial charge in [-0.3, -0.25) is 14.5 Å². The predicted octanol–water partition coefficient (Wildman–Crippen LogP) is 3.89. The molecular weight excluding hydrogens is 300 g/mol. The normalized spacial score (nSPS) is 14.5. The van der Waals surface area contributed by atoms with Crippen LogP contribution in [0.3, 0.4) is 0 Å². The Morgan fingerprint density at radius 1 is 0.917 bits per heavy atom. The first-order valence-electron chi connectivity index (χ1n) is 9.58. The molecule has 4 nitrogen and oxygen atoms in total. The van der Waals surface area contributed by atoms with Gasteiger partial charge in [-0.1, -0.05) is 60.8 Å². The SMILES string of the molecule is CC(=O)[C@@H](NC(=O)C(C(C)C)N(C)CCCCCC(C)C)C(C)C. The molecule has 1 amide bonds. The number of unbranched alkanes of at least 4 members (excludes halogenated alkanes) is 2. The van der Waals surface area contributed by atoms with Gasteiger partial charge < -0.3 is 5.32 Å². The van der Waals surface area contributed by atoms with E-state index in [1.54, 1.807) is 6.92 Å². The lowest BCUT2D eigenvalue weighted by molar-refractivity contribution is -0.132. The van der Waals surface area contributed by atoms with E-state index in [1.165, 1.54) is 19.3 Å². The van der Waals surface area contributed by atoms with Crippen LogP contribution in [-0.2, 0) is 9.59 Å². The number of hydrogen-bond donors (Lipinski definition) is 1. The van der Waals surface area contributed by atoms with Gasteiger partial charge in [-0.15, -0.1) is 0 Å². The summed E-state index contributed by atoms with van der Waals surface area (Å²) in [6, 6.07) is -0.575.